The summed E-state index contributed by atoms with van der Waals surface area (Å²) >= 11 is 0. The minimum absolute atomic E-state index is 0.520. The van der Waals surface area contributed by atoms with Crippen molar-refractivity contribution in [2.45, 2.75) is 78.3 Å². The first kappa shape index (κ1) is 22.3. The van der Waals surface area contributed by atoms with Crippen LogP contribution in [0.5, 0.6) is 0 Å². The van der Waals surface area contributed by atoms with E-state index in [1.54, 1.807) is 0 Å². The molecule has 0 fully saturated rings. The molecule has 0 bridgehead atoms. The first-order valence-corrected chi connectivity index (χ1v) is 12.6. The van der Waals surface area contributed by atoms with Crippen molar-refractivity contribution in [2.75, 3.05) is 26.4 Å². The van der Waals surface area contributed by atoms with E-state index in [0.29, 0.717) is 5.54 Å². The Morgan fingerprint density at radius 2 is 1.23 bits per heavy atom. The molecule has 0 aromatic heterocycles. The van der Waals surface area contributed by atoms with Crippen molar-refractivity contribution in [3.05, 3.63) is 0 Å². The van der Waals surface area contributed by atoms with E-state index in [2.05, 4.69) is 34.6 Å². The van der Waals surface area contributed by atoms with Gasteiger partial charge in [0.05, 0.1) is 0 Å². The molecule has 0 amide bonds. The molecule has 0 saturated heterocycles. The number of unbranched alkanes of at least 4 members (excludes halogenated alkanes) is 3. The minimum Gasteiger partial charge on any atom is -0.397 e. The predicted octanol–water partition coefficient (Wildman–Crippen LogP) is 3.91. The van der Waals surface area contributed by atoms with Gasteiger partial charge < -0.3 is 17.7 Å². The highest BCUT2D eigenvalue weighted by atomic mass is 28.3. The molecule has 0 rings (SSSR count). The van der Waals surface area contributed by atoms with Crippen molar-refractivity contribution in [2.24, 2.45) is 0 Å². The van der Waals surface area contributed by atoms with Gasteiger partial charge in [0.25, 0.3) is 0 Å². The molecule has 134 valence electrons. The summed E-state index contributed by atoms with van der Waals surface area (Å²) < 4.78 is 23.7. The molecule has 6 heteroatoms. The number of rotatable bonds is 16. The lowest BCUT2D eigenvalue weighted by atomic mass is 10.1. The van der Waals surface area contributed by atoms with E-state index in [-0.39, 0.29) is 0 Å². The second-order valence-electron chi connectivity index (χ2n) is 5.46. The lowest BCUT2D eigenvalue weighted by molar-refractivity contribution is 0.191. The molecule has 0 aliphatic heterocycles. The Kier molecular flexibility index (Phi) is 16.3. The molecular weight excluding hydrogens is 312 g/mol. The Bertz CT molecular complexity index is 220. The van der Waals surface area contributed by atoms with Crippen LogP contribution in [0.3, 0.4) is 0 Å². The van der Waals surface area contributed by atoms with Crippen LogP contribution in [0.4, 0.5) is 0 Å². The highest BCUT2D eigenvalue weighted by Gasteiger charge is 2.30. The molecule has 0 aliphatic rings. The van der Waals surface area contributed by atoms with Gasteiger partial charge in [0, 0.05) is 32.0 Å². The predicted molar refractivity (Wildman–Crippen MR) is 98.1 cm³/mol. The van der Waals surface area contributed by atoms with Crippen LogP contribution in [0.2, 0.25) is 11.6 Å². The molecule has 0 aliphatic carbocycles. The summed E-state index contributed by atoms with van der Waals surface area (Å²) in [7, 11) is -3.21. The smallest absolute Gasteiger partial charge is 0.324 e. The molecule has 0 spiro atoms. The van der Waals surface area contributed by atoms with Crippen LogP contribution in [0.1, 0.15) is 66.7 Å². The van der Waals surface area contributed by atoms with Gasteiger partial charge in [-0.15, -0.1) is 0 Å². The monoisotopic (exact) mass is 350 g/mol. The fourth-order valence-electron chi connectivity index (χ4n) is 2.65. The molecule has 0 heterocycles. The lowest BCUT2D eigenvalue weighted by Gasteiger charge is -2.27. The fourth-order valence-corrected chi connectivity index (χ4v) is 7.85. The van der Waals surface area contributed by atoms with E-state index in [9.17, 15) is 0 Å². The minimum atomic E-state index is -1.63. The van der Waals surface area contributed by atoms with Crippen LogP contribution >= 0.6 is 0 Å². The van der Waals surface area contributed by atoms with Gasteiger partial charge in [-0.1, -0.05) is 32.6 Å². The van der Waals surface area contributed by atoms with E-state index >= 15 is 0 Å². The van der Waals surface area contributed by atoms with Gasteiger partial charge in [-0.3, -0.25) is 0 Å². The average Bonchev–Trinajstić information content (AvgIpc) is 2.50. The van der Waals surface area contributed by atoms with Crippen LogP contribution in [0, 0.1) is 0 Å². The van der Waals surface area contributed by atoms with Crippen molar-refractivity contribution in [3.8, 4) is 0 Å². The summed E-state index contributed by atoms with van der Waals surface area (Å²) in [5.74, 6) is 0. The Morgan fingerprint density at radius 3 is 1.68 bits per heavy atom. The third-order valence-electron chi connectivity index (χ3n) is 3.68. The summed E-state index contributed by atoms with van der Waals surface area (Å²) in [6.45, 7) is 13.5. The molecule has 1 unspecified atom stereocenters. The molecule has 0 saturated carbocycles. The quantitative estimate of drug-likeness (QED) is 0.312. The van der Waals surface area contributed by atoms with E-state index in [1.807, 2.05) is 0 Å². The highest BCUT2D eigenvalue weighted by Crippen LogP contribution is 2.28. The van der Waals surface area contributed by atoms with Crippen molar-refractivity contribution >= 4 is 18.6 Å². The first-order valence-electron chi connectivity index (χ1n) is 9.19. The summed E-state index contributed by atoms with van der Waals surface area (Å²) in [6.07, 6.45) is 6.36. The van der Waals surface area contributed by atoms with Gasteiger partial charge in [0.2, 0.25) is 0 Å². The van der Waals surface area contributed by atoms with E-state index in [0.717, 1.165) is 32.5 Å². The third kappa shape index (κ3) is 10.9. The largest absolute Gasteiger partial charge is 0.397 e. The maximum Gasteiger partial charge on any atom is 0.324 e. The normalized spacial score (nSPS) is 13.2. The molecule has 22 heavy (non-hydrogen) atoms. The molecule has 0 radical (unpaired) electrons. The zero-order chi connectivity index (χ0) is 16.6. The van der Waals surface area contributed by atoms with Gasteiger partial charge in [0.15, 0.2) is 0 Å². The zero-order valence-electron chi connectivity index (χ0n) is 15.4. The Labute approximate surface area is 141 Å². The molecule has 1 atom stereocenters. The number of hydrogen-bond acceptors (Lipinski definition) is 4. The van der Waals surface area contributed by atoms with Crippen molar-refractivity contribution in [1.29, 1.82) is 0 Å². The van der Waals surface area contributed by atoms with Gasteiger partial charge in [-0.05, 0) is 40.2 Å². The van der Waals surface area contributed by atoms with Crippen molar-refractivity contribution in [1.82, 2.24) is 0 Å². The maximum absolute atomic E-state index is 5.99. The molecule has 4 nitrogen and oxygen atoms in total. The second kappa shape index (κ2) is 16.1. The third-order valence-corrected chi connectivity index (χ3v) is 9.32. The van der Waals surface area contributed by atoms with Gasteiger partial charge in [0.1, 0.15) is 0 Å². The average molecular weight is 351 g/mol. The van der Waals surface area contributed by atoms with Crippen LogP contribution in [-0.4, -0.2) is 45.0 Å². The van der Waals surface area contributed by atoms with E-state index in [1.165, 1.54) is 32.1 Å². The summed E-state index contributed by atoms with van der Waals surface area (Å²) in [4.78, 5) is 0. The highest BCUT2D eigenvalue weighted by molar-refractivity contribution is 6.52. The topological polar surface area (TPSA) is 36.9 Å². The van der Waals surface area contributed by atoms with E-state index in [4.69, 9.17) is 17.7 Å². The van der Waals surface area contributed by atoms with E-state index < -0.39 is 18.6 Å². The lowest BCUT2D eigenvalue weighted by Crippen LogP contribution is -2.34. The Hall–Kier alpha value is 0.274. The maximum atomic E-state index is 5.99. The summed E-state index contributed by atoms with van der Waals surface area (Å²) in [5.41, 5.74) is 0.520. The second-order valence-corrected chi connectivity index (χ2v) is 9.81. The molecule has 0 aromatic rings. The van der Waals surface area contributed by atoms with Gasteiger partial charge in [-0.2, -0.15) is 0 Å². The van der Waals surface area contributed by atoms with Crippen LogP contribution in [0.15, 0.2) is 0 Å². The SMILES string of the molecule is CCCCCCC(C[SiH](OCC)OCC)[SiH](OCC)OCC. The fraction of sp³-hybridized carbons (Fsp3) is 1.00. The van der Waals surface area contributed by atoms with Crippen molar-refractivity contribution in [3.63, 3.8) is 0 Å². The Balaban J connectivity index is 4.63. The van der Waals surface area contributed by atoms with Crippen LogP contribution < -0.4 is 0 Å². The van der Waals surface area contributed by atoms with Gasteiger partial charge >= 0.3 is 18.6 Å². The van der Waals surface area contributed by atoms with Crippen LogP contribution in [-0.2, 0) is 17.7 Å². The summed E-state index contributed by atoms with van der Waals surface area (Å²) in [6, 6.07) is 1.03. The zero-order valence-corrected chi connectivity index (χ0v) is 17.7. The van der Waals surface area contributed by atoms with Crippen molar-refractivity contribution < 1.29 is 17.7 Å². The molecule has 0 N–H and O–H groups in total. The standard InChI is InChI=1S/C16H38O4Si2/c1-6-11-12-13-14-16(22(19-9-4)20-10-5)15-21(17-7-2)18-8-3/h16,21-22H,6-15H2,1-5H3. The number of hydrogen-bond donors (Lipinski definition) is 0. The Morgan fingerprint density at radius 1 is 0.682 bits per heavy atom. The summed E-state index contributed by atoms with van der Waals surface area (Å²) in [5, 5.41) is 0. The first-order chi connectivity index (χ1) is 10.7. The molecular formula is C16H38O4Si2. The molecule has 0 aromatic carbocycles. The van der Waals surface area contributed by atoms with Crippen LogP contribution in [0.25, 0.3) is 0 Å². The van der Waals surface area contributed by atoms with Gasteiger partial charge in [-0.25, -0.2) is 0 Å².